The summed E-state index contributed by atoms with van der Waals surface area (Å²) in [5, 5.41) is 0. The van der Waals surface area contributed by atoms with Crippen LogP contribution in [0.25, 0.3) is 0 Å². The zero-order valence-corrected chi connectivity index (χ0v) is 12.3. The van der Waals surface area contributed by atoms with Gasteiger partial charge in [0.05, 0.1) is 0 Å². The second-order valence-corrected chi connectivity index (χ2v) is 6.07. The first kappa shape index (κ1) is 14.8. The second kappa shape index (κ2) is 7.25. The van der Waals surface area contributed by atoms with Crippen LogP contribution in [0.15, 0.2) is 0 Å². The molecule has 1 saturated carbocycles. The lowest BCUT2D eigenvalue weighted by atomic mass is 10.0. The Hall–Kier alpha value is -0.610. The van der Waals surface area contributed by atoms with Crippen molar-refractivity contribution in [2.24, 2.45) is 11.7 Å². The van der Waals surface area contributed by atoms with Crippen molar-refractivity contribution < 1.29 is 4.79 Å². The molecule has 1 saturated heterocycles. The van der Waals surface area contributed by atoms with Gasteiger partial charge in [-0.3, -0.25) is 9.69 Å². The summed E-state index contributed by atoms with van der Waals surface area (Å²) in [6.45, 7) is 6.70. The highest BCUT2D eigenvalue weighted by molar-refractivity contribution is 5.76. The Kier molecular flexibility index (Phi) is 5.64. The van der Waals surface area contributed by atoms with Gasteiger partial charge < -0.3 is 10.6 Å². The molecule has 1 atom stereocenters. The van der Waals surface area contributed by atoms with Crippen LogP contribution in [0.4, 0.5) is 0 Å². The number of rotatable bonds is 5. The van der Waals surface area contributed by atoms with E-state index in [0.29, 0.717) is 24.8 Å². The van der Waals surface area contributed by atoms with Gasteiger partial charge in [-0.1, -0.05) is 26.2 Å². The van der Waals surface area contributed by atoms with Gasteiger partial charge in [0, 0.05) is 38.6 Å². The van der Waals surface area contributed by atoms with Crippen LogP contribution in [0.5, 0.6) is 0 Å². The van der Waals surface area contributed by atoms with Crippen LogP contribution in [0.3, 0.4) is 0 Å². The van der Waals surface area contributed by atoms with Gasteiger partial charge in [0.2, 0.25) is 5.91 Å². The van der Waals surface area contributed by atoms with Crippen LogP contribution in [0.2, 0.25) is 0 Å². The SMILES string of the molecule is CCC(CN)CC(=O)N1CCN(C2CCCC2)CC1. The molecule has 0 aromatic rings. The van der Waals surface area contributed by atoms with Gasteiger partial charge in [-0.2, -0.15) is 0 Å². The highest BCUT2D eigenvalue weighted by Gasteiger charge is 2.28. The van der Waals surface area contributed by atoms with E-state index < -0.39 is 0 Å². The third kappa shape index (κ3) is 3.93. The topological polar surface area (TPSA) is 49.6 Å². The molecule has 4 nitrogen and oxygen atoms in total. The Morgan fingerprint density at radius 2 is 1.84 bits per heavy atom. The smallest absolute Gasteiger partial charge is 0.222 e. The van der Waals surface area contributed by atoms with E-state index in [4.69, 9.17) is 5.73 Å². The molecule has 0 bridgehead atoms. The van der Waals surface area contributed by atoms with Crippen LogP contribution >= 0.6 is 0 Å². The molecule has 110 valence electrons. The first-order valence-corrected chi connectivity index (χ1v) is 7.96. The molecule has 0 aromatic heterocycles. The summed E-state index contributed by atoms with van der Waals surface area (Å²) in [5.41, 5.74) is 5.69. The molecule has 1 aliphatic heterocycles. The van der Waals surface area contributed by atoms with Crippen molar-refractivity contribution in [1.82, 2.24) is 9.80 Å². The van der Waals surface area contributed by atoms with Crippen molar-refractivity contribution in [1.29, 1.82) is 0 Å². The second-order valence-electron chi connectivity index (χ2n) is 6.07. The van der Waals surface area contributed by atoms with Crippen LogP contribution < -0.4 is 5.73 Å². The molecular formula is C15H29N3O. The van der Waals surface area contributed by atoms with Crippen LogP contribution in [-0.2, 0) is 4.79 Å². The zero-order chi connectivity index (χ0) is 13.7. The van der Waals surface area contributed by atoms with Gasteiger partial charge in [0.1, 0.15) is 0 Å². The highest BCUT2D eigenvalue weighted by Crippen LogP contribution is 2.24. The molecule has 1 amide bonds. The number of hydrogen-bond donors (Lipinski definition) is 1. The van der Waals surface area contributed by atoms with Crippen molar-refractivity contribution in [3.63, 3.8) is 0 Å². The molecule has 2 fully saturated rings. The van der Waals surface area contributed by atoms with E-state index in [-0.39, 0.29) is 0 Å². The molecule has 19 heavy (non-hydrogen) atoms. The summed E-state index contributed by atoms with van der Waals surface area (Å²) in [6, 6.07) is 0.796. The van der Waals surface area contributed by atoms with E-state index in [1.165, 1.54) is 25.7 Å². The fourth-order valence-electron chi connectivity index (χ4n) is 3.38. The maximum absolute atomic E-state index is 12.2. The normalized spacial score (nSPS) is 23.8. The molecule has 4 heteroatoms. The van der Waals surface area contributed by atoms with Crippen molar-refractivity contribution in [3.8, 4) is 0 Å². The van der Waals surface area contributed by atoms with Crippen molar-refractivity contribution in [2.45, 2.75) is 51.5 Å². The highest BCUT2D eigenvalue weighted by atomic mass is 16.2. The fraction of sp³-hybridized carbons (Fsp3) is 0.933. The molecular weight excluding hydrogens is 238 g/mol. The van der Waals surface area contributed by atoms with Crippen LogP contribution in [-0.4, -0.2) is 54.5 Å². The van der Waals surface area contributed by atoms with E-state index in [2.05, 4.69) is 11.8 Å². The van der Waals surface area contributed by atoms with Crippen molar-refractivity contribution >= 4 is 5.91 Å². The Bertz CT molecular complexity index is 277. The number of nitrogens with two attached hydrogens (primary N) is 1. The Labute approximate surface area is 117 Å². The molecule has 2 rings (SSSR count). The number of carbonyl (C=O) groups is 1. The Balaban J connectivity index is 1.74. The van der Waals surface area contributed by atoms with E-state index in [1.54, 1.807) is 0 Å². The average Bonchev–Trinajstić information content (AvgIpc) is 2.99. The molecule has 0 radical (unpaired) electrons. The minimum absolute atomic E-state index is 0.309. The zero-order valence-electron chi connectivity index (χ0n) is 12.3. The van der Waals surface area contributed by atoms with E-state index in [0.717, 1.165) is 38.6 Å². The summed E-state index contributed by atoms with van der Waals surface area (Å²) < 4.78 is 0. The van der Waals surface area contributed by atoms with E-state index in [1.807, 2.05) is 4.90 Å². The van der Waals surface area contributed by atoms with Gasteiger partial charge in [-0.05, 0) is 25.3 Å². The fourth-order valence-corrected chi connectivity index (χ4v) is 3.38. The summed E-state index contributed by atoms with van der Waals surface area (Å²) in [6.07, 6.45) is 7.13. The molecule has 0 aromatic carbocycles. The van der Waals surface area contributed by atoms with Gasteiger partial charge in [0.15, 0.2) is 0 Å². The molecule has 2 aliphatic rings. The van der Waals surface area contributed by atoms with Crippen molar-refractivity contribution in [2.75, 3.05) is 32.7 Å². The lowest BCUT2D eigenvalue weighted by molar-refractivity contribution is -0.134. The average molecular weight is 267 g/mol. The predicted molar refractivity (Wildman–Crippen MR) is 77.9 cm³/mol. The third-order valence-electron chi connectivity index (χ3n) is 4.88. The summed E-state index contributed by atoms with van der Waals surface area (Å²) in [7, 11) is 0. The lowest BCUT2D eigenvalue weighted by Crippen LogP contribution is -2.51. The maximum atomic E-state index is 12.2. The Morgan fingerprint density at radius 3 is 2.37 bits per heavy atom. The molecule has 1 aliphatic carbocycles. The van der Waals surface area contributed by atoms with Crippen LogP contribution in [0.1, 0.15) is 45.4 Å². The minimum atomic E-state index is 0.309. The minimum Gasteiger partial charge on any atom is -0.340 e. The van der Waals surface area contributed by atoms with Crippen molar-refractivity contribution in [3.05, 3.63) is 0 Å². The standard InChI is InChI=1S/C15H29N3O/c1-2-13(12-16)11-15(19)18-9-7-17(8-10-18)14-5-3-4-6-14/h13-14H,2-12,16H2,1H3. The molecule has 0 spiro atoms. The van der Waals surface area contributed by atoms with Gasteiger partial charge in [-0.15, -0.1) is 0 Å². The molecule has 1 heterocycles. The lowest BCUT2D eigenvalue weighted by Gasteiger charge is -2.38. The first-order chi connectivity index (χ1) is 9.24. The largest absolute Gasteiger partial charge is 0.340 e. The Morgan fingerprint density at radius 1 is 1.21 bits per heavy atom. The number of piperazine rings is 1. The predicted octanol–water partition coefficient (Wildman–Crippen LogP) is 1.45. The van der Waals surface area contributed by atoms with E-state index >= 15 is 0 Å². The van der Waals surface area contributed by atoms with Crippen LogP contribution in [0, 0.1) is 5.92 Å². The van der Waals surface area contributed by atoms with Gasteiger partial charge >= 0.3 is 0 Å². The molecule has 1 unspecified atom stereocenters. The summed E-state index contributed by atoms with van der Waals surface area (Å²) >= 11 is 0. The van der Waals surface area contributed by atoms with E-state index in [9.17, 15) is 4.79 Å². The quantitative estimate of drug-likeness (QED) is 0.820. The number of amides is 1. The summed E-state index contributed by atoms with van der Waals surface area (Å²) in [4.78, 5) is 16.8. The molecule has 2 N–H and O–H groups in total. The summed E-state index contributed by atoms with van der Waals surface area (Å²) in [5.74, 6) is 0.670. The number of carbonyl (C=O) groups excluding carboxylic acids is 1. The number of hydrogen-bond acceptors (Lipinski definition) is 3. The number of nitrogens with zero attached hydrogens (tertiary/aromatic N) is 2. The third-order valence-corrected chi connectivity index (χ3v) is 4.88. The first-order valence-electron chi connectivity index (χ1n) is 7.96. The van der Waals surface area contributed by atoms with Gasteiger partial charge in [0.25, 0.3) is 0 Å². The maximum Gasteiger partial charge on any atom is 0.222 e. The monoisotopic (exact) mass is 267 g/mol. The van der Waals surface area contributed by atoms with Gasteiger partial charge in [-0.25, -0.2) is 0 Å².